The lowest BCUT2D eigenvalue weighted by atomic mass is 9.93. The van der Waals surface area contributed by atoms with E-state index < -0.39 is 0 Å². The van der Waals surface area contributed by atoms with E-state index in [1.807, 2.05) is 0 Å². The molecule has 0 unspecified atom stereocenters. The molecule has 11 rings (SSSR count). The van der Waals surface area contributed by atoms with Gasteiger partial charge in [0, 0.05) is 21.7 Å². The van der Waals surface area contributed by atoms with Gasteiger partial charge in [0.25, 0.3) is 0 Å². The second-order valence-corrected chi connectivity index (χ2v) is 12.6. The molecular formula is C44H25N3. The highest BCUT2D eigenvalue weighted by Gasteiger charge is 2.26. The van der Waals surface area contributed by atoms with Gasteiger partial charge < -0.3 is 0 Å². The van der Waals surface area contributed by atoms with Gasteiger partial charge in [-0.2, -0.15) is 0 Å². The van der Waals surface area contributed by atoms with Crippen LogP contribution in [0.15, 0.2) is 152 Å². The molecule has 0 N–H and O–H groups in total. The smallest absolute Gasteiger partial charge is 0.165 e. The highest BCUT2D eigenvalue weighted by Crippen LogP contribution is 2.49. The summed E-state index contributed by atoms with van der Waals surface area (Å²) in [7, 11) is 0. The van der Waals surface area contributed by atoms with Crippen LogP contribution in [0.2, 0.25) is 0 Å². The topological polar surface area (TPSA) is 30.7 Å². The van der Waals surface area contributed by atoms with Gasteiger partial charge in [0.2, 0.25) is 0 Å². The average Bonchev–Trinajstić information content (AvgIpc) is 3.42. The standard InChI is InChI=1S/C44H25N3/c1-2-11-29-25-30(22-21-26(29)9-1)42-44(45-36-24-23-27-10-3-4-14-31(27)43(36)46-42)47-37-19-7-17-34-32-15-5-12-28-13-6-16-33(39(28)32)35-18-8-20-38(47)41(35)40(34)37/h1-25H. The van der Waals surface area contributed by atoms with E-state index in [1.54, 1.807) is 0 Å². The largest absolute Gasteiger partial charge is 0.292 e. The summed E-state index contributed by atoms with van der Waals surface area (Å²) in [5.74, 6) is 0.837. The zero-order valence-electron chi connectivity index (χ0n) is 25.3. The highest BCUT2D eigenvalue weighted by atomic mass is 15.1. The normalized spacial score (nSPS) is 12.3. The van der Waals surface area contributed by atoms with Gasteiger partial charge in [0.05, 0.1) is 22.1 Å². The summed E-state index contributed by atoms with van der Waals surface area (Å²) in [4.78, 5) is 11.0. The molecule has 216 valence electrons. The minimum atomic E-state index is 0.837. The first-order valence-electron chi connectivity index (χ1n) is 16.1. The Balaban J connectivity index is 1.32. The maximum Gasteiger partial charge on any atom is 0.165 e. The van der Waals surface area contributed by atoms with Crippen LogP contribution < -0.4 is 0 Å². The summed E-state index contributed by atoms with van der Waals surface area (Å²) >= 11 is 0. The minimum absolute atomic E-state index is 0.837. The van der Waals surface area contributed by atoms with E-state index in [9.17, 15) is 0 Å². The molecule has 0 aliphatic heterocycles. The summed E-state index contributed by atoms with van der Waals surface area (Å²) in [6.45, 7) is 0. The molecule has 0 bridgehead atoms. The van der Waals surface area contributed by atoms with Gasteiger partial charge in [-0.05, 0) is 73.5 Å². The number of hydrogen-bond acceptors (Lipinski definition) is 2. The third-order valence-corrected chi connectivity index (χ3v) is 10.1. The molecule has 3 nitrogen and oxygen atoms in total. The molecule has 3 heteroatoms. The summed E-state index contributed by atoms with van der Waals surface area (Å²) in [6.07, 6.45) is 0. The van der Waals surface area contributed by atoms with Crippen LogP contribution in [0.25, 0.3) is 104 Å². The number of aromatic nitrogens is 3. The quantitative estimate of drug-likeness (QED) is 0.186. The van der Waals surface area contributed by atoms with Gasteiger partial charge in [0.15, 0.2) is 5.82 Å². The number of nitrogens with zero attached hydrogens (tertiary/aromatic N) is 3. The first kappa shape index (κ1) is 24.9. The Kier molecular flexibility index (Phi) is 4.84. The predicted octanol–water partition coefficient (Wildman–Crippen LogP) is 11.5. The Morgan fingerprint density at radius 3 is 1.70 bits per heavy atom. The molecule has 1 aliphatic rings. The Labute approximate surface area is 270 Å². The molecule has 10 aromatic rings. The van der Waals surface area contributed by atoms with Gasteiger partial charge >= 0.3 is 0 Å². The number of benzene rings is 8. The van der Waals surface area contributed by atoms with Crippen molar-refractivity contribution in [2.45, 2.75) is 0 Å². The zero-order valence-corrected chi connectivity index (χ0v) is 25.3. The maximum atomic E-state index is 5.51. The van der Waals surface area contributed by atoms with Crippen LogP contribution in [-0.4, -0.2) is 14.5 Å². The van der Waals surface area contributed by atoms with Crippen molar-refractivity contribution in [1.29, 1.82) is 0 Å². The van der Waals surface area contributed by atoms with Gasteiger partial charge in [-0.15, -0.1) is 0 Å². The lowest BCUT2D eigenvalue weighted by Gasteiger charge is -2.16. The lowest BCUT2D eigenvalue weighted by molar-refractivity contribution is 1.08. The van der Waals surface area contributed by atoms with E-state index in [-0.39, 0.29) is 0 Å². The summed E-state index contributed by atoms with van der Waals surface area (Å²) in [5.41, 5.74) is 11.0. The molecule has 0 amide bonds. The lowest BCUT2D eigenvalue weighted by Crippen LogP contribution is -2.04. The first-order chi connectivity index (χ1) is 23.3. The molecule has 2 aromatic heterocycles. The number of hydrogen-bond donors (Lipinski definition) is 0. The van der Waals surface area contributed by atoms with Gasteiger partial charge in [-0.1, -0.05) is 127 Å². The van der Waals surface area contributed by atoms with Crippen LogP contribution in [0.1, 0.15) is 0 Å². The van der Waals surface area contributed by atoms with E-state index in [0.717, 1.165) is 49.9 Å². The molecule has 0 radical (unpaired) electrons. The molecule has 0 spiro atoms. The second kappa shape index (κ2) is 9.12. The molecule has 0 fully saturated rings. The van der Waals surface area contributed by atoms with Crippen LogP contribution in [0, 0.1) is 0 Å². The van der Waals surface area contributed by atoms with Gasteiger partial charge in [-0.3, -0.25) is 4.57 Å². The highest BCUT2D eigenvalue weighted by molar-refractivity contribution is 6.27. The fraction of sp³-hybridized carbons (Fsp3) is 0. The van der Waals surface area contributed by atoms with E-state index in [2.05, 4.69) is 156 Å². The van der Waals surface area contributed by atoms with Crippen molar-refractivity contribution in [1.82, 2.24) is 14.5 Å². The molecule has 1 aliphatic carbocycles. The van der Waals surface area contributed by atoms with Gasteiger partial charge in [-0.25, -0.2) is 9.97 Å². The third-order valence-electron chi connectivity index (χ3n) is 10.1. The van der Waals surface area contributed by atoms with Crippen molar-refractivity contribution in [2.24, 2.45) is 0 Å². The molecule has 0 saturated carbocycles. The summed E-state index contributed by atoms with van der Waals surface area (Å²) in [5, 5.41) is 9.74. The van der Waals surface area contributed by atoms with Crippen LogP contribution in [-0.2, 0) is 0 Å². The van der Waals surface area contributed by atoms with E-state index in [0.29, 0.717) is 0 Å². The fourth-order valence-corrected chi connectivity index (χ4v) is 8.04. The van der Waals surface area contributed by atoms with Crippen molar-refractivity contribution in [3.05, 3.63) is 152 Å². The molecule has 0 atom stereocenters. The van der Waals surface area contributed by atoms with Crippen molar-refractivity contribution in [2.75, 3.05) is 0 Å². The monoisotopic (exact) mass is 595 g/mol. The summed E-state index contributed by atoms with van der Waals surface area (Å²) < 4.78 is 2.36. The summed E-state index contributed by atoms with van der Waals surface area (Å²) in [6, 6.07) is 54.7. The van der Waals surface area contributed by atoms with Crippen molar-refractivity contribution in [3.8, 4) is 39.3 Å². The van der Waals surface area contributed by atoms with Crippen LogP contribution in [0.4, 0.5) is 0 Å². The fourth-order valence-electron chi connectivity index (χ4n) is 8.04. The Hall–Kier alpha value is -6.32. The van der Waals surface area contributed by atoms with Crippen molar-refractivity contribution in [3.63, 3.8) is 0 Å². The Morgan fingerprint density at radius 2 is 0.979 bits per heavy atom. The number of rotatable bonds is 2. The van der Waals surface area contributed by atoms with Crippen molar-refractivity contribution < 1.29 is 0 Å². The molecular weight excluding hydrogens is 571 g/mol. The SMILES string of the molecule is c1ccc2cc(-c3nc4c(ccc5ccccc54)nc3-n3c4cccc5c4c4c(cccc43)-c3cccc4cccc-5c34)ccc2c1. The second-order valence-electron chi connectivity index (χ2n) is 12.6. The Morgan fingerprint density at radius 1 is 0.404 bits per heavy atom. The average molecular weight is 596 g/mol. The molecule has 2 heterocycles. The number of fused-ring (bicyclic) bond motifs is 6. The molecule has 8 aromatic carbocycles. The van der Waals surface area contributed by atoms with Crippen molar-refractivity contribution >= 4 is 65.2 Å². The molecule has 0 saturated heterocycles. The van der Waals surface area contributed by atoms with Crippen LogP contribution in [0.5, 0.6) is 0 Å². The van der Waals surface area contributed by atoms with E-state index in [4.69, 9.17) is 9.97 Å². The molecule has 47 heavy (non-hydrogen) atoms. The minimum Gasteiger partial charge on any atom is -0.292 e. The maximum absolute atomic E-state index is 5.51. The predicted molar refractivity (Wildman–Crippen MR) is 196 cm³/mol. The van der Waals surface area contributed by atoms with Gasteiger partial charge in [0.1, 0.15) is 5.69 Å². The van der Waals surface area contributed by atoms with Crippen LogP contribution >= 0.6 is 0 Å². The Bertz CT molecular complexity index is 2870. The third kappa shape index (κ3) is 3.35. The van der Waals surface area contributed by atoms with Crippen LogP contribution in [0.3, 0.4) is 0 Å². The first-order valence-corrected chi connectivity index (χ1v) is 16.1. The van der Waals surface area contributed by atoms with E-state index >= 15 is 0 Å². The van der Waals surface area contributed by atoms with E-state index in [1.165, 1.54) is 54.6 Å². The zero-order chi connectivity index (χ0) is 30.6.